The Hall–Kier alpha value is -0.980. The van der Waals surface area contributed by atoms with Gasteiger partial charge in [-0.1, -0.05) is 26.0 Å². The van der Waals surface area contributed by atoms with Crippen LogP contribution in [0.1, 0.15) is 13.8 Å². The van der Waals surface area contributed by atoms with Crippen LogP contribution in [0.3, 0.4) is 0 Å². The summed E-state index contributed by atoms with van der Waals surface area (Å²) in [6.45, 7) is 4.34. The third-order valence-electron chi connectivity index (χ3n) is 1.47. The number of allylic oxidation sites excluding steroid dienone is 5. The topological polar surface area (TPSA) is 12.0 Å². The Morgan fingerprint density at radius 1 is 1.20 bits per heavy atom. The molecule has 0 atom stereocenters. The summed E-state index contributed by atoms with van der Waals surface area (Å²) in [7, 11) is 0. The van der Waals surface area contributed by atoms with E-state index in [2.05, 4.69) is 25.2 Å². The molecule has 1 nitrogen and oxygen atoms in total. The van der Waals surface area contributed by atoms with Crippen molar-refractivity contribution in [1.82, 2.24) is 5.32 Å². The summed E-state index contributed by atoms with van der Waals surface area (Å²) in [4.78, 5) is 0. The van der Waals surface area contributed by atoms with Crippen molar-refractivity contribution in [3.63, 3.8) is 0 Å². The highest BCUT2D eigenvalue weighted by atomic mass is 14.9. The molecule has 1 rings (SSSR count). The highest BCUT2D eigenvalue weighted by Crippen LogP contribution is 2.07. The van der Waals surface area contributed by atoms with Crippen LogP contribution < -0.4 is 5.32 Å². The Bertz CT molecular complexity index is 185. The summed E-state index contributed by atoms with van der Waals surface area (Å²) < 4.78 is 0. The fourth-order valence-corrected chi connectivity index (χ4v) is 0.830. The quantitative estimate of drug-likeness (QED) is 0.581. The summed E-state index contributed by atoms with van der Waals surface area (Å²) in [5.41, 5.74) is 1.27. The van der Waals surface area contributed by atoms with E-state index in [9.17, 15) is 0 Å². The van der Waals surface area contributed by atoms with E-state index in [1.807, 2.05) is 24.4 Å². The highest BCUT2D eigenvalue weighted by molar-refractivity contribution is 5.21. The van der Waals surface area contributed by atoms with Crippen molar-refractivity contribution < 1.29 is 0 Å². The van der Waals surface area contributed by atoms with Crippen LogP contribution in [0.5, 0.6) is 0 Å². The SMILES string of the molecule is CC(C)C1=CC=CC=CN1. The Balaban J connectivity index is 2.68. The largest absolute Gasteiger partial charge is 0.365 e. The Morgan fingerprint density at radius 3 is 2.70 bits per heavy atom. The molecule has 0 saturated heterocycles. The molecule has 0 amide bonds. The van der Waals surface area contributed by atoms with Crippen molar-refractivity contribution in [2.75, 3.05) is 0 Å². The lowest BCUT2D eigenvalue weighted by Gasteiger charge is -2.08. The molecule has 1 aliphatic heterocycles. The van der Waals surface area contributed by atoms with Gasteiger partial charge >= 0.3 is 0 Å². The third kappa shape index (κ3) is 1.76. The highest BCUT2D eigenvalue weighted by Gasteiger charge is 1.98. The van der Waals surface area contributed by atoms with Crippen LogP contribution in [-0.2, 0) is 0 Å². The van der Waals surface area contributed by atoms with Gasteiger partial charge in [0.1, 0.15) is 0 Å². The normalized spacial score (nSPS) is 16.5. The molecule has 0 aromatic rings. The van der Waals surface area contributed by atoms with E-state index in [1.165, 1.54) is 5.70 Å². The first-order valence-corrected chi connectivity index (χ1v) is 3.60. The minimum atomic E-state index is 0.576. The average molecular weight is 135 g/mol. The molecule has 0 aliphatic carbocycles. The van der Waals surface area contributed by atoms with Crippen LogP contribution in [0.25, 0.3) is 0 Å². The predicted octanol–water partition coefficient (Wildman–Crippen LogP) is 2.20. The van der Waals surface area contributed by atoms with Crippen LogP contribution in [0, 0.1) is 5.92 Å². The van der Waals surface area contributed by atoms with Gasteiger partial charge in [-0.25, -0.2) is 0 Å². The van der Waals surface area contributed by atoms with Crippen molar-refractivity contribution in [2.24, 2.45) is 5.92 Å². The minimum absolute atomic E-state index is 0.576. The van der Waals surface area contributed by atoms with Gasteiger partial charge in [0.15, 0.2) is 0 Å². The Labute approximate surface area is 62.1 Å². The van der Waals surface area contributed by atoms with Gasteiger partial charge in [0.05, 0.1) is 0 Å². The van der Waals surface area contributed by atoms with Gasteiger partial charge in [-0.15, -0.1) is 0 Å². The molecule has 0 saturated carbocycles. The summed E-state index contributed by atoms with van der Waals surface area (Å²) >= 11 is 0. The molecule has 10 heavy (non-hydrogen) atoms. The zero-order chi connectivity index (χ0) is 7.40. The molecular weight excluding hydrogens is 122 g/mol. The molecule has 0 unspecified atom stereocenters. The van der Waals surface area contributed by atoms with Gasteiger partial charge < -0.3 is 5.32 Å². The number of hydrogen-bond donors (Lipinski definition) is 1. The molecule has 0 spiro atoms. The summed E-state index contributed by atoms with van der Waals surface area (Å²) in [5.74, 6) is 0.576. The maximum absolute atomic E-state index is 3.20. The summed E-state index contributed by atoms with van der Waals surface area (Å²) in [6.07, 6.45) is 10.1. The van der Waals surface area contributed by atoms with Gasteiger partial charge in [-0.05, 0) is 18.1 Å². The average Bonchev–Trinajstić information content (AvgIpc) is 2.12. The molecule has 0 radical (unpaired) electrons. The van der Waals surface area contributed by atoms with Crippen molar-refractivity contribution in [1.29, 1.82) is 0 Å². The fraction of sp³-hybridized carbons (Fsp3) is 0.333. The van der Waals surface area contributed by atoms with Crippen LogP contribution in [0.15, 0.2) is 36.2 Å². The van der Waals surface area contributed by atoms with Crippen molar-refractivity contribution in [2.45, 2.75) is 13.8 Å². The second kappa shape index (κ2) is 3.25. The second-order valence-electron chi connectivity index (χ2n) is 2.67. The van der Waals surface area contributed by atoms with Gasteiger partial charge in [-0.3, -0.25) is 0 Å². The summed E-state index contributed by atoms with van der Waals surface area (Å²) in [5, 5.41) is 3.20. The molecule has 0 aromatic carbocycles. The lowest BCUT2D eigenvalue weighted by atomic mass is 10.1. The molecule has 0 fully saturated rings. The van der Waals surface area contributed by atoms with Crippen LogP contribution in [0.4, 0.5) is 0 Å². The van der Waals surface area contributed by atoms with Crippen LogP contribution in [-0.4, -0.2) is 0 Å². The van der Waals surface area contributed by atoms with E-state index in [0.29, 0.717) is 5.92 Å². The Kier molecular flexibility index (Phi) is 2.32. The standard InChI is InChI=1S/C9H13N/c1-8(2)9-6-4-3-5-7-10-9/h3-8,10H,1-2H3. The van der Waals surface area contributed by atoms with Crippen molar-refractivity contribution in [3.05, 3.63) is 36.2 Å². The number of nitrogens with one attached hydrogen (secondary N) is 1. The van der Waals surface area contributed by atoms with E-state index < -0.39 is 0 Å². The first-order chi connectivity index (χ1) is 4.80. The predicted molar refractivity (Wildman–Crippen MR) is 44.3 cm³/mol. The fourth-order valence-electron chi connectivity index (χ4n) is 0.830. The van der Waals surface area contributed by atoms with Crippen LogP contribution >= 0.6 is 0 Å². The maximum Gasteiger partial charge on any atom is 0.0172 e. The van der Waals surface area contributed by atoms with E-state index in [-0.39, 0.29) is 0 Å². The number of rotatable bonds is 1. The third-order valence-corrected chi connectivity index (χ3v) is 1.47. The molecule has 0 aromatic heterocycles. The Morgan fingerprint density at radius 2 is 2.00 bits per heavy atom. The maximum atomic E-state index is 3.20. The monoisotopic (exact) mass is 135 g/mol. The van der Waals surface area contributed by atoms with E-state index in [1.54, 1.807) is 0 Å². The molecular formula is C9H13N. The number of hydrogen-bond acceptors (Lipinski definition) is 1. The van der Waals surface area contributed by atoms with Gasteiger partial charge in [-0.2, -0.15) is 0 Å². The summed E-state index contributed by atoms with van der Waals surface area (Å²) in [6, 6.07) is 0. The van der Waals surface area contributed by atoms with Gasteiger partial charge in [0, 0.05) is 11.9 Å². The molecule has 1 heteroatoms. The van der Waals surface area contributed by atoms with E-state index in [4.69, 9.17) is 0 Å². The smallest absolute Gasteiger partial charge is 0.0172 e. The van der Waals surface area contributed by atoms with Gasteiger partial charge in [0.2, 0.25) is 0 Å². The molecule has 1 heterocycles. The first kappa shape index (κ1) is 7.13. The second-order valence-corrected chi connectivity index (χ2v) is 2.67. The lowest BCUT2D eigenvalue weighted by molar-refractivity contribution is 0.715. The van der Waals surface area contributed by atoms with E-state index >= 15 is 0 Å². The van der Waals surface area contributed by atoms with Crippen LogP contribution in [0.2, 0.25) is 0 Å². The molecule has 0 bridgehead atoms. The molecule has 1 aliphatic rings. The zero-order valence-corrected chi connectivity index (χ0v) is 6.46. The van der Waals surface area contributed by atoms with Crippen molar-refractivity contribution >= 4 is 0 Å². The van der Waals surface area contributed by atoms with Crippen molar-refractivity contribution in [3.8, 4) is 0 Å². The lowest BCUT2D eigenvalue weighted by Crippen LogP contribution is -2.09. The van der Waals surface area contributed by atoms with E-state index in [0.717, 1.165) is 0 Å². The molecule has 1 N–H and O–H groups in total. The minimum Gasteiger partial charge on any atom is -0.365 e. The first-order valence-electron chi connectivity index (χ1n) is 3.60. The zero-order valence-electron chi connectivity index (χ0n) is 6.46. The molecule has 54 valence electrons. The van der Waals surface area contributed by atoms with Gasteiger partial charge in [0.25, 0.3) is 0 Å².